The van der Waals surface area contributed by atoms with Gasteiger partial charge in [-0.1, -0.05) is 84.6 Å². The van der Waals surface area contributed by atoms with Crippen LogP contribution < -0.4 is 5.32 Å². The Kier molecular flexibility index (Phi) is 7.81. The van der Waals surface area contributed by atoms with E-state index in [4.69, 9.17) is 28.2 Å². The zero-order chi connectivity index (χ0) is 21.6. The van der Waals surface area contributed by atoms with E-state index in [1.807, 2.05) is 6.07 Å². The lowest BCUT2D eigenvalue weighted by Gasteiger charge is -2.27. The van der Waals surface area contributed by atoms with E-state index in [0.29, 0.717) is 28.2 Å². The van der Waals surface area contributed by atoms with E-state index in [1.165, 1.54) is 37.7 Å². The van der Waals surface area contributed by atoms with Gasteiger partial charge in [0.1, 0.15) is 0 Å². The SMILES string of the molecule is O=C(CC1CSC(=NC2CCCCC2)N1Cc1ccccc1)Nc1cc(Cl)cc(Cl)c1. The van der Waals surface area contributed by atoms with E-state index in [9.17, 15) is 4.79 Å². The molecule has 1 atom stereocenters. The molecule has 4 rings (SSSR count). The van der Waals surface area contributed by atoms with Crippen LogP contribution in [0.25, 0.3) is 0 Å². The first-order valence-electron chi connectivity index (χ1n) is 10.8. The lowest BCUT2D eigenvalue weighted by atomic mass is 9.96. The lowest BCUT2D eigenvalue weighted by Crippen LogP contribution is -2.37. The molecule has 2 aromatic carbocycles. The molecule has 1 N–H and O–H groups in total. The van der Waals surface area contributed by atoms with Crippen LogP contribution in [0.4, 0.5) is 5.69 Å². The molecule has 7 heteroatoms. The highest BCUT2D eigenvalue weighted by molar-refractivity contribution is 8.14. The summed E-state index contributed by atoms with van der Waals surface area (Å²) in [6, 6.07) is 16.0. The monoisotopic (exact) mass is 475 g/mol. The first-order chi connectivity index (χ1) is 15.1. The van der Waals surface area contributed by atoms with Gasteiger partial charge in [0.25, 0.3) is 0 Å². The second-order valence-electron chi connectivity index (χ2n) is 8.19. The molecule has 2 aliphatic rings. The maximum Gasteiger partial charge on any atom is 0.226 e. The number of nitrogens with zero attached hydrogens (tertiary/aromatic N) is 2. The third-order valence-corrected chi connectivity index (χ3v) is 7.31. The highest BCUT2D eigenvalue weighted by Gasteiger charge is 2.32. The van der Waals surface area contributed by atoms with Crippen LogP contribution in [0.1, 0.15) is 44.1 Å². The summed E-state index contributed by atoms with van der Waals surface area (Å²) in [7, 11) is 0. The maximum absolute atomic E-state index is 12.8. The Balaban J connectivity index is 1.47. The van der Waals surface area contributed by atoms with Gasteiger partial charge in [-0.2, -0.15) is 0 Å². The predicted molar refractivity (Wildman–Crippen MR) is 132 cm³/mol. The van der Waals surface area contributed by atoms with E-state index in [0.717, 1.165) is 17.5 Å². The molecule has 0 bridgehead atoms. The predicted octanol–water partition coefficient (Wildman–Crippen LogP) is 6.63. The number of carbonyl (C=O) groups is 1. The number of carbonyl (C=O) groups excluding carboxylic acids is 1. The molecule has 1 heterocycles. The first-order valence-corrected chi connectivity index (χ1v) is 12.6. The Labute approximate surface area is 198 Å². The number of hydrogen-bond donors (Lipinski definition) is 1. The standard InChI is InChI=1S/C24H27Cl2N3OS/c25-18-11-19(26)13-21(12-18)27-23(30)14-22-16-31-24(28-20-9-5-2-6-10-20)29(22)15-17-7-3-1-4-8-17/h1,3-4,7-8,11-13,20,22H,2,5-6,9-10,14-16H2,(H,27,30). The van der Waals surface area contributed by atoms with Crippen molar-refractivity contribution in [3.05, 3.63) is 64.1 Å². The first kappa shape index (κ1) is 22.5. The van der Waals surface area contributed by atoms with Crippen molar-refractivity contribution in [3.8, 4) is 0 Å². The fourth-order valence-corrected chi connectivity index (χ4v) is 5.94. The van der Waals surface area contributed by atoms with Gasteiger partial charge in [-0.3, -0.25) is 9.79 Å². The van der Waals surface area contributed by atoms with Crippen molar-refractivity contribution >= 4 is 51.7 Å². The number of hydrogen-bond acceptors (Lipinski definition) is 3. The quantitative estimate of drug-likeness (QED) is 0.509. The number of benzene rings is 2. The van der Waals surface area contributed by atoms with Crippen LogP contribution in [0.5, 0.6) is 0 Å². The van der Waals surface area contributed by atoms with E-state index >= 15 is 0 Å². The Morgan fingerprint density at radius 1 is 1.06 bits per heavy atom. The van der Waals surface area contributed by atoms with Crippen LogP contribution in [0, 0.1) is 0 Å². The lowest BCUT2D eigenvalue weighted by molar-refractivity contribution is -0.116. The zero-order valence-electron chi connectivity index (χ0n) is 17.4. The second-order valence-corrected chi connectivity index (χ2v) is 10.1. The van der Waals surface area contributed by atoms with Crippen molar-refractivity contribution in [2.45, 2.75) is 57.2 Å². The fourth-order valence-electron chi connectivity index (χ4n) is 4.18. The number of aliphatic imine (C=N–C) groups is 1. The zero-order valence-corrected chi connectivity index (χ0v) is 19.7. The Bertz CT molecular complexity index is 911. The highest BCUT2D eigenvalue weighted by Crippen LogP contribution is 2.31. The van der Waals surface area contributed by atoms with Gasteiger partial charge in [-0.15, -0.1) is 0 Å². The summed E-state index contributed by atoms with van der Waals surface area (Å²) in [6.07, 6.45) is 6.58. The van der Waals surface area contributed by atoms with Crippen molar-refractivity contribution in [1.82, 2.24) is 4.90 Å². The molecule has 2 aromatic rings. The van der Waals surface area contributed by atoms with Crippen molar-refractivity contribution in [1.29, 1.82) is 0 Å². The topological polar surface area (TPSA) is 44.7 Å². The van der Waals surface area contributed by atoms with E-state index in [-0.39, 0.29) is 11.9 Å². The highest BCUT2D eigenvalue weighted by atomic mass is 35.5. The van der Waals surface area contributed by atoms with Gasteiger partial charge >= 0.3 is 0 Å². The molecule has 0 aromatic heterocycles. The number of amides is 1. The molecule has 164 valence electrons. The molecule has 1 saturated carbocycles. The normalized spacial score (nSPS) is 20.9. The van der Waals surface area contributed by atoms with Gasteiger partial charge in [0, 0.05) is 40.5 Å². The molecule has 1 unspecified atom stereocenters. The summed E-state index contributed by atoms with van der Waals surface area (Å²) < 4.78 is 0. The minimum absolute atomic E-state index is 0.0408. The number of halogens is 2. The van der Waals surface area contributed by atoms with Gasteiger partial charge in [0.15, 0.2) is 5.17 Å². The summed E-state index contributed by atoms with van der Waals surface area (Å²) in [4.78, 5) is 20.2. The largest absolute Gasteiger partial charge is 0.343 e. The van der Waals surface area contributed by atoms with Crippen LogP contribution in [0.15, 0.2) is 53.5 Å². The molecule has 0 radical (unpaired) electrons. The van der Waals surface area contributed by atoms with E-state index in [2.05, 4.69) is 34.5 Å². The summed E-state index contributed by atoms with van der Waals surface area (Å²) >= 11 is 13.9. The number of anilines is 1. The molecular weight excluding hydrogens is 449 g/mol. The summed E-state index contributed by atoms with van der Waals surface area (Å²) in [5.41, 5.74) is 1.85. The minimum Gasteiger partial charge on any atom is -0.343 e. The van der Waals surface area contributed by atoms with Crippen molar-refractivity contribution in [2.24, 2.45) is 4.99 Å². The number of nitrogens with one attached hydrogen (secondary N) is 1. The van der Waals surface area contributed by atoms with Gasteiger partial charge in [-0.05, 0) is 36.6 Å². The van der Waals surface area contributed by atoms with Gasteiger partial charge in [-0.25, -0.2) is 0 Å². The smallest absolute Gasteiger partial charge is 0.226 e. The molecule has 2 fully saturated rings. The third-order valence-electron chi connectivity index (χ3n) is 5.72. The Morgan fingerprint density at radius 3 is 2.48 bits per heavy atom. The second kappa shape index (κ2) is 10.8. The Morgan fingerprint density at radius 2 is 1.77 bits per heavy atom. The van der Waals surface area contributed by atoms with Crippen molar-refractivity contribution < 1.29 is 4.79 Å². The number of amidine groups is 1. The van der Waals surface area contributed by atoms with Crippen LogP contribution in [0.3, 0.4) is 0 Å². The van der Waals surface area contributed by atoms with E-state index < -0.39 is 0 Å². The number of rotatable bonds is 6. The molecule has 4 nitrogen and oxygen atoms in total. The third kappa shape index (κ3) is 6.41. The minimum atomic E-state index is -0.0408. The molecule has 1 aliphatic heterocycles. The Hall–Kier alpha value is -1.69. The van der Waals surface area contributed by atoms with Crippen LogP contribution >= 0.6 is 35.0 Å². The molecule has 31 heavy (non-hydrogen) atoms. The molecular formula is C24H27Cl2N3OS. The molecule has 1 aliphatic carbocycles. The maximum atomic E-state index is 12.8. The number of thioether (sulfide) groups is 1. The van der Waals surface area contributed by atoms with Crippen LogP contribution in [-0.2, 0) is 11.3 Å². The van der Waals surface area contributed by atoms with Crippen LogP contribution in [-0.4, -0.2) is 33.8 Å². The van der Waals surface area contributed by atoms with Gasteiger partial charge in [0.05, 0.1) is 6.04 Å². The summed E-state index contributed by atoms with van der Waals surface area (Å²) in [5.74, 6) is 0.822. The molecule has 0 spiro atoms. The fraction of sp³-hybridized carbons (Fsp3) is 0.417. The molecule has 1 saturated heterocycles. The van der Waals surface area contributed by atoms with Crippen LogP contribution in [0.2, 0.25) is 10.0 Å². The summed E-state index contributed by atoms with van der Waals surface area (Å²) in [6.45, 7) is 0.764. The summed E-state index contributed by atoms with van der Waals surface area (Å²) in [5, 5.41) is 5.04. The van der Waals surface area contributed by atoms with E-state index in [1.54, 1.807) is 30.0 Å². The average Bonchev–Trinajstić information content (AvgIpc) is 3.09. The van der Waals surface area contributed by atoms with Crippen molar-refractivity contribution in [3.63, 3.8) is 0 Å². The van der Waals surface area contributed by atoms with Gasteiger partial charge < -0.3 is 10.2 Å². The van der Waals surface area contributed by atoms with Gasteiger partial charge in [0.2, 0.25) is 5.91 Å². The van der Waals surface area contributed by atoms with Crippen molar-refractivity contribution in [2.75, 3.05) is 11.1 Å². The molecule has 1 amide bonds. The average molecular weight is 476 g/mol.